The highest BCUT2D eigenvalue weighted by molar-refractivity contribution is 5.30. The van der Waals surface area contributed by atoms with Gasteiger partial charge < -0.3 is 11.5 Å². The van der Waals surface area contributed by atoms with E-state index in [2.05, 4.69) is 48.5 Å². The van der Waals surface area contributed by atoms with Crippen LogP contribution in [0.4, 0.5) is 0 Å². The van der Waals surface area contributed by atoms with Gasteiger partial charge in [0.05, 0.1) is 0 Å². The third kappa shape index (κ3) is 4.19. The molecule has 4 N–H and O–H groups in total. The minimum absolute atomic E-state index is 0.710. The lowest BCUT2D eigenvalue weighted by Crippen LogP contribution is -2.03. The molecule has 19 heavy (non-hydrogen) atoms. The predicted molar refractivity (Wildman–Crippen MR) is 81.2 cm³/mol. The lowest BCUT2D eigenvalue weighted by molar-refractivity contribution is 0.964. The van der Waals surface area contributed by atoms with E-state index in [-0.39, 0.29) is 0 Å². The largest absolute Gasteiger partial charge is 0.330 e. The van der Waals surface area contributed by atoms with E-state index in [0.717, 1.165) is 19.3 Å². The van der Waals surface area contributed by atoms with Crippen LogP contribution in [-0.4, -0.2) is 13.1 Å². The number of hydrogen-bond donors (Lipinski definition) is 2. The Bertz CT molecular complexity index is 438. The van der Waals surface area contributed by atoms with Gasteiger partial charge in [-0.15, -0.1) is 0 Å². The second kappa shape index (κ2) is 7.07. The maximum atomic E-state index is 5.55. The van der Waals surface area contributed by atoms with Gasteiger partial charge in [0, 0.05) is 0 Å². The molecule has 0 atom stereocenters. The summed E-state index contributed by atoms with van der Waals surface area (Å²) in [7, 11) is 0. The molecule has 2 aromatic carbocycles. The molecule has 2 nitrogen and oxygen atoms in total. The van der Waals surface area contributed by atoms with Crippen molar-refractivity contribution in [1.29, 1.82) is 0 Å². The molecule has 100 valence electrons. The van der Waals surface area contributed by atoms with E-state index < -0.39 is 0 Å². The van der Waals surface area contributed by atoms with Crippen LogP contribution in [0.3, 0.4) is 0 Å². The van der Waals surface area contributed by atoms with Gasteiger partial charge in [-0.1, -0.05) is 48.5 Å². The molecule has 0 spiro atoms. The minimum atomic E-state index is 0.710. The van der Waals surface area contributed by atoms with Crippen molar-refractivity contribution >= 4 is 0 Å². The molecule has 0 saturated heterocycles. The van der Waals surface area contributed by atoms with E-state index in [4.69, 9.17) is 11.5 Å². The molecule has 0 amide bonds. The van der Waals surface area contributed by atoms with E-state index in [9.17, 15) is 0 Å². The summed E-state index contributed by atoms with van der Waals surface area (Å²) in [6, 6.07) is 17.5. The zero-order chi connectivity index (χ0) is 13.5. The molecule has 0 aromatic heterocycles. The lowest BCUT2D eigenvalue weighted by Gasteiger charge is -2.05. The molecule has 0 bridgehead atoms. The summed E-state index contributed by atoms with van der Waals surface area (Å²) in [4.78, 5) is 0. The van der Waals surface area contributed by atoms with Crippen LogP contribution in [0.5, 0.6) is 0 Å². The standard InChI is InChI=1S/C17H22N2/c18-11-9-14-1-5-16(6-2-14)13-17-7-3-15(4-8-17)10-12-19/h1-8H,9-13,18-19H2. The number of hydrogen-bond acceptors (Lipinski definition) is 2. The molecule has 2 heteroatoms. The van der Waals surface area contributed by atoms with E-state index in [1.807, 2.05) is 0 Å². The summed E-state index contributed by atoms with van der Waals surface area (Å²) in [5.74, 6) is 0. The molecule has 0 unspecified atom stereocenters. The van der Waals surface area contributed by atoms with Crippen LogP contribution in [0.1, 0.15) is 22.3 Å². The van der Waals surface area contributed by atoms with Crippen molar-refractivity contribution in [2.75, 3.05) is 13.1 Å². The highest BCUT2D eigenvalue weighted by atomic mass is 14.5. The first-order valence-corrected chi connectivity index (χ1v) is 6.87. The summed E-state index contributed by atoms with van der Waals surface area (Å²) >= 11 is 0. The van der Waals surface area contributed by atoms with E-state index in [1.54, 1.807) is 0 Å². The molecule has 2 aromatic rings. The van der Waals surface area contributed by atoms with Crippen molar-refractivity contribution in [3.8, 4) is 0 Å². The molecule has 0 aliphatic heterocycles. The Hall–Kier alpha value is -1.64. The Morgan fingerprint density at radius 3 is 1.16 bits per heavy atom. The molecule has 0 saturated carbocycles. The first kappa shape index (κ1) is 13.8. The van der Waals surface area contributed by atoms with Gasteiger partial charge in [0.25, 0.3) is 0 Å². The molecule has 0 radical (unpaired) electrons. The van der Waals surface area contributed by atoms with E-state index in [0.29, 0.717) is 13.1 Å². The maximum absolute atomic E-state index is 5.55. The third-order valence-electron chi connectivity index (χ3n) is 3.32. The second-order valence-corrected chi connectivity index (χ2v) is 4.89. The van der Waals surface area contributed by atoms with Gasteiger partial charge in [-0.25, -0.2) is 0 Å². The van der Waals surface area contributed by atoms with Crippen LogP contribution >= 0.6 is 0 Å². The Kier molecular flexibility index (Phi) is 5.13. The molecular formula is C17H22N2. The highest BCUT2D eigenvalue weighted by Crippen LogP contribution is 2.12. The molecular weight excluding hydrogens is 232 g/mol. The fourth-order valence-electron chi connectivity index (χ4n) is 2.22. The Labute approximate surface area is 115 Å². The van der Waals surface area contributed by atoms with Crippen molar-refractivity contribution in [1.82, 2.24) is 0 Å². The van der Waals surface area contributed by atoms with Crippen molar-refractivity contribution in [2.45, 2.75) is 19.3 Å². The minimum Gasteiger partial charge on any atom is -0.330 e. The summed E-state index contributed by atoms with van der Waals surface area (Å²) in [6.07, 6.45) is 2.88. The van der Waals surface area contributed by atoms with Gasteiger partial charge in [-0.05, 0) is 54.6 Å². The topological polar surface area (TPSA) is 52.0 Å². The fourth-order valence-corrected chi connectivity index (χ4v) is 2.22. The summed E-state index contributed by atoms with van der Waals surface area (Å²) < 4.78 is 0. The van der Waals surface area contributed by atoms with Crippen molar-refractivity contribution in [3.63, 3.8) is 0 Å². The molecule has 0 aliphatic carbocycles. The molecule has 0 aliphatic rings. The van der Waals surface area contributed by atoms with E-state index in [1.165, 1.54) is 22.3 Å². The number of benzene rings is 2. The van der Waals surface area contributed by atoms with Crippen molar-refractivity contribution < 1.29 is 0 Å². The van der Waals surface area contributed by atoms with Crippen LogP contribution in [0.25, 0.3) is 0 Å². The summed E-state index contributed by atoms with van der Waals surface area (Å²) in [5.41, 5.74) is 16.4. The van der Waals surface area contributed by atoms with Crippen LogP contribution in [0.2, 0.25) is 0 Å². The van der Waals surface area contributed by atoms with Crippen molar-refractivity contribution in [3.05, 3.63) is 70.8 Å². The zero-order valence-electron chi connectivity index (χ0n) is 11.3. The molecule has 0 fully saturated rings. The van der Waals surface area contributed by atoms with Gasteiger partial charge in [0.2, 0.25) is 0 Å². The van der Waals surface area contributed by atoms with Gasteiger partial charge in [0.15, 0.2) is 0 Å². The van der Waals surface area contributed by atoms with E-state index >= 15 is 0 Å². The Balaban J connectivity index is 1.99. The average Bonchev–Trinajstić information content (AvgIpc) is 2.44. The molecule has 2 rings (SSSR count). The van der Waals surface area contributed by atoms with Gasteiger partial charge in [-0.3, -0.25) is 0 Å². The average molecular weight is 254 g/mol. The van der Waals surface area contributed by atoms with Gasteiger partial charge >= 0.3 is 0 Å². The summed E-state index contributed by atoms with van der Waals surface area (Å²) in [6.45, 7) is 1.42. The smallest absolute Gasteiger partial charge is 0.00258 e. The lowest BCUT2D eigenvalue weighted by atomic mass is 10.0. The van der Waals surface area contributed by atoms with Crippen molar-refractivity contribution in [2.24, 2.45) is 11.5 Å². The van der Waals surface area contributed by atoms with Crippen LogP contribution < -0.4 is 11.5 Å². The Morgan fingerprint density at radius 1 is 0.526 bits per heavy atom. The monoisotopic (exact) mass is 254 g/mol. The van der Waals surface area contributed by atoms with Gasteiger partial charge in [-0.2, -0.15) is 0 Å². The number of nitrogens with two attached hydrogens (primary N) is 2. The third-order valence-corrected chi connectivity index (χ3v) is 3.32. The Morgan fingerprint density at radius 2 is 0.842 bits per heavy atom. The zero-order valence-corrected chi connectivity index (χ0v) is 11.3. The molecule has 0 heterocycles. The fraction of sp³-hybridized carbons (Fsp3) is 0.294. The predicted octanol–water partition coefficient (Wildman–Crippen LogP) is 2.28. The number of rotatable bonds is 6. The van der Waals surface area contributed by atoms with Gasteiger partial charge in [0.1, 0.15) is 0 Å². The normalized spacial score (nSPS) is 10.6. The second-order valence-electron chi connectivity index (χ2n) is 4.89. The SMILES string of the molecule is NCCc1ccc(Cc2ccc(CCN)cc2)cc1. The van der Waals surface area contributed by atoms with Crippen LogP contribution in [0, 0.1) is 0 Å². The first-order chi connectivity index (χ1) is 9.31. The first-order valence-electron chi connectivity index (χ1n) is 6.87. The summed E-state index contributed by atoms with van der Waals surface area (Å²) in [5, 5.41) is 0. The van der Waals surface area contributed by atoms with Crippen LogP contribution in [0.15, 0.2) is 48.5 Å². The highest BCUT2D eigenvalue weighted by Gasteiger charge is 1.98. The van der Waals surface area contributed by atoms with Crippen LogP contribution in [-0.2, 0) is 19.3 Å². The maximum Gasteiger partial charge on any atom is -0.00258 e. The quantitative estimate of drug-likeness (QED) is 0.831.